The highest BCUT2D eigenvalue weighted by molar-refractivity contribution is 6.24. The van der Waals surface area contributed by atoms with Gasteiger partial charge in [-0.15, -0.1) is 11.6 Å². The Morgan fingerprint density at radius 1 is 1.15 bits per heavy atom. The molecule has 1 heterocycles. The lowest BCUT2D eigenvalue weighted by Crippen LogP contribution is -2.65. The fraction of sp³-hybridized carbons (Fsp3) is 0.933. The first kappa shape index (κ1) is 13.2. The normalized spacial score (nSPS) is 46.5. The zero-order valence-corrected chi connectivity index (χ0v) is 12.6. The molecule has 1 aliphatic heterocycles. The van der Waals surface area contributed by atoms with Crippen LogP contribution in [0.3, 0.4) is 0 Å². The molecule has 5 fully saturated rings. The van der Waals surface area contributed by atoms with Crippen molar-refractivity contribution in [2.24, 2.45) is 11.8 Å². The second-order valence-electron chi connectivity index (χ2n) is 7.42. The maximum Gasteiger partial charge on any atom is 0.317 e. The number of alkyl halides is 1. The number of carbonyl (C=O) groups is 1. The molecule has 2 amide bonds. The van der Waals surface area contributed by atoms with Crippen molar-refractivity contribution < 1.29 is 9.53 Å². The van der Waals surface area contributed by atoms with Crippen molar-refractivity contribution >= 4 is 17.6 Å². The van der Waals surface area contributed by atoms with E-state index in [-0.39, 0.29) is 16.4 Å². The molecule has 5 heteroatoms. The van der Waals surface area contributed by atoms with E-state index in [1.165, 1.54) is 6.42 Å². The third-order valence-electron chi connectivity index (χ3n) is 5.66. The summed E-state index contributed by atoms with van der Waals surface area (Å²) in [5.74, 6) is 1.44. The van der Waals surface area contributed by atoms with Gasteiger partial charge >= 0.3 is 6.03 Å². The molecule has 20 heavy (non-hydrogen) atoms. The van der Waals surface area contributed by atoms with Crippen molar-refractivity contribution in [3.05, 3.63) is 0 Å². The number of hydrogen-bond donors (Lipinski definition) is 1. The highest BCUT2D eigenvalue weighted by Crippen LogP contribution is 2.59. The smallest absolute Gasteiger partial charge is 0.317 e. The van der Waals surface area contributed by atoms with Crippen LogP contribution in [0.2, 0.25) is 0 Å². The van der Waals surface area contributed by atoms with Crippen LogP contribution >= 0.6 is 11.6 Å². The largest absolute Gasteiger partial charge is 0.378 e. The van der Waals surface area contributed by atoms with Crippen LogP contribution in [0, 0.1) is 11.8 Å². The number of amides is 2. The Hall–Kier alpha value is -0.480. The number of urea groups is 1. The fourth-order valence-corrected chi connectivity index (χ4v) is 6.06. The van der Waals surface area contributed by atoms with Crippen LogP contribution in [-0.2, 0) is 4.74 Å². The molecule has 4 saturated carbocycles. The lowest BCUT2D eigenvalue weighted by atomic mass is 9.52. The molecule has 0 aromatic carbocycles. The molecule has 0 aromatic rings. The minimum atomic E-state index is -0.0393. The Morgan fingerprint density at radius 3 is 2.40 bits per heavy atom. The first-order valence-corrected chi connectivity index (χ1v) is 8.28. The van der Waals surface area contributed by atoms with Gasteiger partial charge in [-0.1, -0.05) is 0 Å². The van der Waals surface area contributed by atoms with E-state index in [2.05, 4.69) is 5.32 Å². The Bertz CT molecular complexity index is 408. The molecule has 1 saturated heterocycles. The van der Waals surface area contributed by atoms with E-state index in [4.69, 9.17) is 16.3 Å². The van der Waals surface area contributed by atoms with Gasteiger partial charge in [-0.2, -0.15) is 0 Å². The summed E-state index contributed by atoms with van der Waals surface area (Å²) < 4.78 is 5.32. The van der Waals surface area contributed by atoms with Crippen LogP contribution in [0.1, 0.15) is 38.5 Å². The van der Waals surface area contributed by atoms with E-state index in [1.54, 1.807) is 0 Å². The lowest BCUT2D eigenvalue weighted by molar-refractivity contribution is -0.00659. The van der Waals surface area contributed by atoms with Crippen molar-refractivity contribution in [3.63, 3.8) is 0 Å². The molecule has 4 nitrogen and oxygen atoms in total. The minimum absolute atomic E-state index is 0.0266. The predicted octanol–water partition coefficient (Wildman–Crippen LogP) is 2.36. The number of halogens is 1. The lowest BCUT2D eigenvalue weighted by Gasteiger charge is -2.60. The van der Waals surface area contributed by atoms with Crippen molar-refractivity contribution in [2.45, 2.75) is 48.9 Å². The van der Waals surface area contributed by atoms with Crippen molar-refractivity contribution in [2.75, 3.05) is 26.3 Å². The Balaban J connectivity index is 1.49. The van der Waals surface area contributed by atoms with Gasteiger partial charge in [-0.3, -0.25) is 0 Å². The number of nitrogens with zero attached hydrogens (tertiary/aromatic N) is 1. The summed E-state index contributed by atoms with van der Waals surface area (Å²) >= 11 is 6.80. The number of ether oxygens (including phenoxy) is 1. The average Bonchev–Trinajstić information content (AvgIpc) is 2.36. The first-order chi connectivity index (χ1) is 9.56. The van der Waals surface area contributed by atoms with E-state index in [0.717, 1.165) is 43.9 Å². The van der Waals surface area contributed by atoms with Gasteiger partial charge in [0.25, 0.3) is 0 Å². The average molecular weight is 299 g/mol. The molecule has 2 unspecified atom stereocenters. The van der Waals surface area contributed by atoms with Crippen LogP contribution in [0.4, 0.5) is 4.79 Å². The highest BCUT2D eigenvalue weighted by atomic mass is 35.5. The number of hydrogen-bond acceptors (Lipinski definition) is 2. The van der Waals surface area contributed by atoms with Gasteiger partial charge < -0.3 is 15.0 Å². The standard InChI is InChI=1S/C15H23ClN2O2/c16-14-6-11-5-12(7-14)9-15(8-11,10-14)17-13(19)18-1-3-20-4-2-18/h11-12H,1-10H2,(H,17,19)/t11-,12+,14?,15?. The summed E-state index contributed by atoms with van der Waals surface area (Å²) in [5.41, 5.74) is -0.0266. The first-order valence-electron chi connectivity index (χ1n) is 7.90. The van der Waals surface area contributed by atoms with Gasteiger partial charge in [-0.05, 0) is 50.4 Å². The molecule has 5 rings (SSSR count). The second-order valence-corrected chi connectivity index (χ2v) is 8.22. The van der Waals surface area contributed by atoms with Gasteiger partial charge in [0.2, 0.25) is 0 Å². The highest BCUT2D eigenvalue weighted by Gasteiger charge is 2.57. The van der Waals surface area contributed by atoms with Crippen molar-refractivity contribution in [3.8, 4) is 0 Å². The molecule has 112 valence electrons. The molecular formula is C15H23ClN2O2. The number of rotatable bonds is 1. The van der Waals surface area contributed by atoms with Crippen molar-refractivity contribution in [1.29, 1.82) is 0 Å². The summed E-state index contributed by atoms with van der Waals surface area (Å²) in [4.78, 5) is 14.4. The molecule has 1 N–H and O–H groups in total. The summed E-state index contributed by atoms with van der Waals surface area (Å²) in [6.07, 6.45) is 6.86. The SMILES string of the molecule is O=C(NC12C[C@@H]3C[C@@H](CC(Cl)(C3)C1)C2)N1CCOCC1. The monoisotopic (exact) mass is 298 g/mol. The molecule has 4 atom stereocenters. The summed E-state index contributed by atoms with van der Waals surface area (Å²) in [6.45, 7) is 2.73. The molecular weight excluding hydrogens is 276 g/mol. The van der Waals surface area contributed by atoms with Gasteiger partial charge in [-0.25, -0.2) is 4.79 Å². The molecule has 0 spiro atoms. The number of morpholine rings is 1. The topological polar surface area (TPSA) is 41.6 Å². The van der Waals surface area contributed by atoms with E-state index >= 15 is 0 Å². The number of nitrogens with one attached hydrogen (secondary N) is 1. The van der Waals surface area contributed by atoms with Crippen molar-refractivity contribution in [1.82, 2.24) is 10.2 Å². The predicted molar refractivity (Wildman–Crippen MR) is 76.9 cm³/mol. The number of carbonyl (C=O) groups excluding carboxylic acids is 1. The van der Waals surface area contributed by atoms with Crippen LogP contribution in [0.15, 0.2) is 0 Å². The third-order valence-corrected chi connectivity index (χ3v) is 6.10. The van der Waals surface area contributed by atoms with Crippen LogP contribution < -0.4 is 5.32 Å². The second kappa shape index (κ2) is 4.51. The fourth-order valence-electron chi connectivity index (χ4n) is 5.37. The van der Waals surface area contributed by atoms with Crippen LogP contribution in [0.5, 0.6) is 0 Å². The molecule has 0 aromatic heterocycles. The summed E-state index contributed by atoms with van der Waals surface area (Å²) in [7, 11) is 0. The summed E-state index contributed by atoms with van der Waals surface area (Å²) in [5, 5.41) is 3.37. The zero-order valence-electron chi connectivity index (χ0n) is 11.9. The molecule has 5 aliphatic rings. The minimum Gasteiger partial charge on any atom is -0.378 e. The van der Waals surface area contributed by atoms with E-state index < -0.39 is 0 Å². The Kier molecular flexibility index (Phi) is 2.97. The maximum atomic E-state index is 12.5. The van der Waals surface area contributed by atoms with E-state index in [9.17, 15) is 4.79 Å². The maximum absolute atomic E-state index is 12.5. The van der Waals surface area contributed by atoms with Gasteiger partial charge in [0.1, 0.15) is 0 Å². The van der Waals surface area contributed by atoms with E-state index in [0.29, 0.717) is 26.3 Å². The van der Waals surface area contributed by atoms with E-state index in [1.807, 2.05) is 4.90 Å². The molecule has 4 aliphatic carbocycles. The Morgan fingerprint density at radius 2 is 1.80 bits per heavy atom. The molecule has 4 bridgehead atoms. The third kappa shape index (κ3) is 2.21. The van der Waals surface area contributed by atoms with Crippen LogP contribution in [0.25, 0.3) is 0 Å². The quantitative estimate of drug-likeness (QED) is 0.755. The Labute approximate surface area is 125 Å². The van der Waals surface area contributed by atoms with Crippen LogP contribution in [-0.4, -0.2) is 47.6 Å². The van der Waals surface area contributed by atoms with Gasteiger partial charge in [0.15, 0.2) is 0 Å². The summed E-state index contributed by atoms with van der Waals surface area (Å²) in [6, 6.07) is 0.0931. The molecule has 0 radical (unpaired) electrons. The zero-order chi connectivity index (χ0) is 13.8. The van der Waals surface area contributed by atoms with Gasteiger partial charge in [0, 0.05) is 23.5 Å². The van der Waals surface area contributed by atoms with Gasteiger partial charge in [0.05, 0.1) is 13.2 Å².